The fourth-order valence-corrected chi connectivity index (χ4v) is 3.83. The molecule has 1 aliphatic heterocycles. The molecule has 2 heterocycles. The lowest BCUT2D eigenvalue weighted by molar-refractivity contribution is -0.117. The van der Waals surface area contributed by atoms with Gasteiger partial charge in [0.2, 0.25) is 5.91 Å². The van der Waals surface area contributed by atoms with Crippen molar-refractivity contribution in [1.82, 2.24) is 4.90 Å². The maximum absolute atomic E-state index is 13.1. The van der Waals surface area contributed by atoms with Crippen molar-refractivity contribution in [1.29, 1.82) is 0 Å². The second kappa shape index (κ2) is 8.76. The molecule has 0 unspecified atom stereocenters. The van der Waals surface area contributed by atoms with Crippen LogP contribution in [0.3, 0.4) is 0 Å². The van der Waals surface area contributed by atoms with Crippen LogP contribution in [0.25, 0.3) is 0 Å². The molecule has 3 rings (SSSR count). The number of carbonyl (C=O) groups excluding carboxylic acids is 1. The van der Waals surface area contributed by atoms with Gasteiger partial charge >= 0.3 is 0 Å². The average Bonchev–Trinajstić information content (AvgIpc) is 3.24. The third-order valence-electron chi connectivity index (χ3n) is 4.02. The van der Waals surface area contributed by atoms with Crippen LogP contribution in [-0.4, -0.2) is 36.6 Å². The molecule has 134 valence electrons. The van der Waals surface area contributed by atoms with Gasteiger partial charge in [0.05, 0.1) is 23.4 Å². The van der Waals surface area contributed by atoms with Crippen LogP contribution < -0.4 is 5.32 Å². The number of ether oxygens (including phenoxy) is 1. The van der Waals surface area contributed by atoms with Crippen molar-refractivity contribution in [2.75, 3.05) is 25.0 Å². The van der Waals surface area contributed by atoms with Gasteiger partial charge in [0, 0.05) is 24.6 Å². The van der Waals surface area contributed by atoms with Gasteiger partial charge < -0.3 is 10.1 Å². The van der Waals surface area contributed by atoms with Crippen molar-refractivity contribution in [3.63, 3.8) is 0 Å². The highest BCUT2D eigenvalue weighted by atomic mass is 35.5. The van der Waals surface area contributed by atoms with E-state index in [4.69, 9.17) is 16.3 Å². The maximum atomic E-state index is 13.1. The molecule has 25 heavy (non-hydrogen) atoms. The fraction of sp³-hybridized carbons (Fsp3) is 0.389. The van der Waals surface area contributed by atoms with E-state index < -0.39 is 5.82 Å². The Balaban J connectivity index is 1.62. The highest BCUT2D eigenvalue weighted by Crippen LogP contribution is 2.23. The Bertz CT molecular complexity index is 705. The standard InChI is InChI=1S/C18H20ClFN2O2S/c19-16-9-13(20)5-6-17(16)21-18(23)12-22(10-14-3-1-7-24-14)11-15-4-2-8-25-15/h2,4-6,8-9,14H,1,3,7,10-12H2,(H,21,23)/t14-/m1/s1. The van der Waals surface area contributed by atoms with Crippen LogP contribution in [0.1, 0.15) is 17.7 Å². The molecule has 0 bridgehead atoms. The number of nitrogens with one attached hydrogen (secondary N) is 1. The van der Waals surface area contributed by atoms with Crippen molar-refractivity contribution in [3.05, 3.63) is 51.4 Å². The quantitative estimate of drug-likeness (QED) is 0.781. The van der Waals surface area contributed by atoms with Gasteiger partial charge in [-0.15, -0.1) is 11.3 Å². The molecule has 0 aliphatic carbocycles. The molecule has 1 atom stereocenters. The summed E-state index contributed by atoms with van der Waals surface area (Å²) >= 11 is 7.64. The molecule has 1 aromatic heterocycles. The molecular formula is C18H20ClFN2O2S. The third kappa shape index (κ3) is 5.51. The number of nitrogens with zero attached hydrogens (tertiary/aromatic N) is 1. The largest absolute Gasteiger partial charge is 0.377 e. The molecule has 4 nitrogen and oxygen atoms in total. The zero-order valence-electron chi connectivity index (χ0n) is 13.7. The minimum absolute atomic E-state index is 0.169. The van der Waals surface area contributed by atoms with Gasteiger partial charge in [-0.25, -0.2) is 4.39 Å². The van der Waals surface area contributed by atoms with Gasteiger partial charge in [0.15, 0.2) is 0 Å². The Morgan fingerprint density at radius 1 is 1.44 bits per heavy atom. The number of thiophene rings is 1. The molecular weight excluding hydrogens is 363 g/mol. The SMILES string of the molecule is O=C(CN(Cc1cccs1)C[C@H]1CCCO1)Nc1ccc(F)cc1Cl. The number of rotatable bonds is 7. The molecule has 0 spiro atoms. The Morgan fingerprint density at radius 3 is 3.00 bits per heavy atom. The Hall–Kier alpha value is -1.47. The molecule has 1 fully saturated rings. The van der Waals surface area contributed by atoms with E-state index in [1.165, 1.54) is 23.1 Å². The Kier molecular flexibility index (Phi) is 6.42. The number of hydrogen-bond donors (Lipinski definition) is 1. The summed E-state index contributed by atoms with van der Waals surface area (Å²) in [4.78, 5) is 15.7. The fourth-order valence-electron chi connectivity index (χ4n) is 2.87. The van der Waals surface area contributed by atoms with E-state index in [0.717, 1.165) is 19.4 Å². The number of halogens is 2. The first-order chi connectivity index (χ1) is 12.1. The maximum Gasteiger partial charge on any atom is 0.238 e. The minimum atomic E-state index is -0.430. The predicted octanol–water partition coefficient (Wildman–Crippen LogP) is 4.16. The third-order valence-corrected chi connectivity index (χ3v) is 5.19. The number of amides is 1. The zero-order valence-corrected chi connectivity index (χ0v) is 15.3. The van der Waals surface area contributed by atoms with E-state index in [9.17, 15) is 9.18 Å². The van der Waals surface area contributed by atoms with Crippen molar-refractivity contribution < 1.29 is 13.9 Å². The summed E-state index contributed by atoms with van der Waals surface area (Å²) in [5.74, 6) is -0.608. The van der Waals surface area contributed by atoms with Gasteiger partial charge in [0.1, 0.15) is 5.82 Å². The van der Waals surface area contributed by atoms with Crippen LogP contribution in [0.5, 0.6) is 0 Å². The molecule has 0 saturated carbocycles. The summed E-state index contributed by atoms with van der Waals surface area (Å²) in [6, 6.07) is 7.99. The lowest BCUT2D eigenvalue weighted by atomic mass is 10.2. The van der Waals surface area contributed by atoms with E-state index in [2.05, 4.69) is 16.3 Å². The highest BCUT2D eigenvalue weighted by Gasteiger charge is 2.21. The Morgan fingerprint density at radius 2 is 2.32 bits per heavy atom. The van der Waals surface area contributed by atoms with Crippen molar-refractivity contribution in [2.24, 2.45) is 0 Å². The normalized spacial score (nSPS) is 17.2. The van der Waals surface area contributed by atoms with Crippen LogP contribution >= 0.6 is 22.9 Å². The Labute approximate surface area is 155 Å². The number of benzene rings is 1. The van der Waals surface area contributed by atoms with Crippen LogP contribution in [0.2, 0.25) is 5.02 Å². The summed E-state index contributed by atoms with van der Waals surface area (Å²) < 4.78 is 18.8. The highest BCUT2D eigenvalue weighted by molar-refractivity contribution is 7.09. The predicted molar refractivity (Wildman–Crippen MR) is 98.6 cm³/mol. The molecule has 1 saturated heterocycles. The van der Waals surface area contributed by atoms with E-state index in [1.807, 2.05) is 11.4 Å². The van der Waals surface area contributed by atoms with Crippen molar-refractivity contribution in [2.45, 2.75) is 25.5 Å². The molecule has 2 aromatic rings. The monoisotopic (exact) mass is 382 g/mol. The molecule has 0 radical (unpaired) electrons. The first kappa shape index (κ1) is 18.3. The van der Waals surface area contributed by atoms with Crippen LogP contribution in [0.4, 0.5) is 10.1 Å². The molecule has 7 heteroatoms. The van der Waals surface area contributed by atoms with E-state index in [1.54, 1.807) is 11.3 Å². The summed E-state index contributed by atoms with van der Waals surface area (Å²) in [6.45, 7) is 2.42. The second-order valence-electron chi connectivity index (χ2n) is 6.06. The summed E-state index contributed by atoms with van der Waals surface area (Å²) in [5.41, 5.74) is 0.418. The summed E-state index contributed by atoms with van der Waals surface area (Å²) in [6.07, 6.45) is 2.25. The van der Waals surface area contributed by atoms with E-state index in [0.29, 0.717) is 18.8 Å². The number of hydrogen-bond acceptors (Lipinski definition) is 4. The second-order valence-corrected chi connectivity index (χ2v) is 7.50. The first-order valence-electron chi connectivity index (χ1n) is 8.21. The molecule has 1 aliphatic rings. The zero-order chi connectivity index (χ0) is 17.6. The van der Waals surface area contributed by atoms with Crippen molar-refractivity contribution >= 4 is 34.5 Å². The average molecular weight is 383 g/mol. The summed E-state index contributed by atoms with van der Waals surface area (Å²) in [7, 11) is 0. The molecule has 1 aromatic carbocycles. The number of carbonyl (C=O) groups is 1. The number of anilines is 1. The van der Waals surface area contributed by atoms with Gasteiger partial charge in [-0.05, 0) is 42.5 Å². The lowest BCUT2D eigenvalue weighted by Gasteiger charge is -2.24. The minimum Gasteiger partial charge on any atom is -0.377 e. The van der Waals surface area contributed by atoms with E-state index >= 15 is 0 Å². The van der Waals surface area contributed by atoms with Gasteiger partial charge in [0.25, 0.3) is 0 Å². The van der Waals surface area contributed by atoms with Crippen LogP contribution in [0.15, 0.2) is 35.7 Å². The van der Waals surface area contributed by atoms with Crippen LogP contribution in [-0.2, 0) is 16.1 Å². The molecule has 1 N–H and O–H groups in total. The van der Waals surface area contributed by atoms with Crippen LogP contribution in [0, 0.1) is 5.82 Å². The van der Waals surface area contributed by atoms with E-state index in [-0.39, 0.29) is 23.6 Å². The van der Waals surface area contributed by atoms with Gasteiger partial charge in [-0.3, -0.25) is 9.69 Å². The topological polar surface area (TPSA) is 41.6 Å². The van der Waals surface area contributed by atoms with Gasteiger partial charge in [-0.1, -0.05) is 17.7 Å². The molecule has 1 amide bonds. The first-order valence-corrected chi connectivity index (χ1v) is 9.47. The van der Waals surface area contributed by atoms with Gasteiger partial charge in [-0.2, -0.15) is 0 Å². The van der Waals surface area contributed by atoms with Crippen molar-refractivity contribution in [3.8, 4) is 0 Å². The lowest BCUT2D eigenvalue weighted by Crippen LogP contribution is -2.37. The summed E-state index contributed by atoms with van der Waals surface area (Å²) in [5, 5.41) is 4.97. The smallest absolute Gasteiger partial charge is 0.238 e.